The number of nitrogens with zero attached hydrogens (tertiary/aromatic N) is 2. The van der Waals surface area contributed by atoms with Crippen molar-refractivity contribution in [3.63, 3.8) is 0 Å². The normalized spacial score (nSPS) is 15.9. The summed E-state index contributed by atoms with van der Waals surface area (Å²) in [5.74, 6) is 0.954. The standard InChI is InChI=1S/C25H29N3O2S2/c1-17-15-21-22(31-17)8-3-18-16-23(32-24(18)21)25(29)26-9-10-27-11-13-28(14-12-27)19-4-6-20(30-2)7-5-19/h4-7,15-16H,3,8-14H2,1-2H3,(H,26,29). The number of thiophene rings is 2. The molecule has 0 spiro atoms. The molecule has 1 amide bonds. The summed E-state index contributed by atoms with van der Waals surface area (Å²) in [5.41, 5.74) is 3.93. The molecule has 1 N–H and O–H groups in total. The van der Waals surface area contributed by atoms with Crippen LogP contribution in [-0.2, 0) is 12.8 Å². The van der Waals surface area contributed by atoms with E-state index in [0.29, 0.717) is 6.54 Å². The van der Waals surface area contributed by atoms with Gasteiger partial charge in [-0.15, -0.1) is 22.7 Å². The van der Waals surface area contributed by atoms with Gasteiger partial charge in [0.05, 0.1) is 12.0 Å². The first kappa shape index (κ1) is 21.5. The van der Waals surface area contributed by atoms with Gasteiger partial charge in [0.2, 0.25) is 0 Å². The number of fused-ring (bicyclic) bond motifs is 3. The van der Waals surface area contributed by atoms with Crippen LogP contribution in [0.5, 0.6) is 5.75 Å². The zero-order valence-corrected chi connectivity index (χ0v) is 20.3. The molecule has 3 aromatic rings. The summed E-state index contributed by atoms with van der Waals surface area (Å²) >= 11 is 3.54. The maximum absolute atomic E-state index is 12.8. The molecule has 2 aromatic heterocycles. The number of carbonyl (C=O) groups is 1. The summed E-state index contributed by atoms with van der Waals surface area (Å²) in [4.78, 5) is 22.6. The van der Waals surface area contributed by atoms with E-state index in [1.54, 1.807) is 18.4 Å². The van der Waals surface area contributed by atoms with Crippen LogP contribution in [0.25, 0.3) is 10.4 Å². The first-order valence-corrected chi connectivity index (χ1v) is 12.9. The van der Waals surface area contributed by atoms with Crippen LogP contribution in [0.15, 0.2) is 36.4 Å². The molecule has 5 rings (SSSR count). The van der Waals surface area contributed by atoms with Crippen molar-refractivity contribution < 1.29 is 9.53 Å². The number of hydrogen-bond acceptors (Lipinski definition) is 6. The Kier molecular flexibility index (Phi) is 6.22. The van der Waals surface area contributed by atoms with Gasteiger partial charge in [0.25, 0.3) is 5.91 Å². The Bertz CT molecular complexity index is 1100. The Hall–Kier alpha value is -2.35. The summed E-state index contributed by atoms with van der Waals surface area (Å²) in [6.07, 6.45) is 2.14. The van der Waals surface area contributed by atoms with Crippen LogP contribution in [0.1, 0.15) is 25.0 Å². The van der Waals surface area contributed by atoms with Crippen LogP contribution in [0.3, 0.4) is 0 Å². The van der Waals surface area contributed by atoms with E-state index in [1.165, 1.54) is 31.4 Å². The number of aryl methyl sites for hydroxylation is 3. The highest BCUT2D eigenvalue weighted by Gasteiger charge is 2.23. The molecule has 2 aliphatic rings. The zero-order valence-electron chi connectivity index (χ0n) is 18.6. The highest BCUT2D eigenvalue weighted by molar-refractivity contribution is 7.18. The van der Waals surface area contributed by atoms with E-state index in [-0.39, 0.29) is 5.91 Å². The molecule has 1 fully saturated rings. The van der Waals surface area contributed by atoms with E-state index in [2.05, 4.69) is 46.3 Å². The van der Waals surface area contributed by atoms with Crippen molar-refractivity contribution in [2.24, 2.45) is 0 Å². The molecule has 0 unspecified atom stereocenters. The van der Waals surface area contributed by atoms with Gasteiger partial charge in [-0.05, 0) is 61.7 Å². The van der Waals surface area contributed by atoms with Gasteiger partial charge in [-0.2, -0.15) is 0 Å². The van der Waals surface area contributed by atoms with Gasteiger partial charge in [0.15, 0.2) is 0 Å². The number of carbonyl (C=O) groups excluding carboxylic acids is 1. The summed E-state index contributed by atoms with van der Waals surface area (Å²) < 4.78 is 5.25. The minimum absolute atomic E-state index is 0.0646. The summed E-state index contributed by atoms with van der Waals surface area (Å²) in [7, 11) is 1.69. The molecule has 1 aromatic carbocycles. The number of nitrogens with one attached hydrogen (secondary N) is 1. The Labute approximate surface area is 197 Å². The van der Waals surface area contributed by atoms with Crippen LogP contribution in [-0.4, -0.2) is 57.2 Å². The lowest BCUT2D eigenvalue weighted by Gasteiger charge is -2.36. The third kappa shape index (κ3) is 4.42. The van der Waals surface area contributed by atoms with Crippen molar-refractivity contribution in [1.29, 1.82) is 0 Å². The second-order valence-electron chi connectivity index (χ2n) is 8.44. The third-order valence-corrected chi connectivity index (χ3v) is 8.67. The number of amides is 1. The molecule has 1 saturated heterocycles. The van der Waals surface area contributed by atoms with Gasteiger partial charge in [-0.3, -0.25) is 9.69 Å². The molecular weight excluding hydrogens is 438 g/mol. The van der Waals surface area contributed by atoms with E-state index in [1.807, 2.05) is 23.5 Å². The maximum Gasteiger partial charge on any atom is 0.261 e. The number of rotatable bonds is 6. The lowest BCUT2D eigenvalue weighted by atomic mass is 9.98. The molecule has 3 heterocycles. The topological polar surface area (TPSA) is 44.8 Å². The minimum Gasteiger partial charge on any atom is -0.497 e. The van der Waals surface area contributed by atoms with Crippen molar-refractivity contribution in [2.75, 3.05) is 51.3 Å². The highest BCUT2D eigenvalue weighted by atomic mass is 32.1. The SMILES string of the molecule is COc1ccc(N2CCN(CCNC(=O)c3cc4c(s3)-c3cc(C)sc3CC4)CC2)cc1. The van der Waals surface area contributed by atoms with E-state index >= 15 is 0 Å². The number of benzene rings is 1. The van der Waals surface area contributed by atoms with Crippen molar-refractivity contribution in [3.05, 3.63) is 56.6 Å². The lowest BCUT2D eigenvalue weighted by Crippen LogP contribution is -2.48. The van der Waals surface area contributed by atoms with E-state index in [0.717, 1.165) is 56.2 Å². The molecule has 0 radical (unpaired) electrons. The smallest absolute Gasteiger partial charge is 0.261 e. The summed E-state index contributed by atoms with van der Waals surface area (Å²) in [6.45, 7) is 7.76. The monoisotopic (exact) mass is 467 g/mol. The van der Waals surface area contributed by atoms with Crippen LogP contribution >= 0.6 is 22.7 Å². The molecule has 0 atom stereocenters. The van der Waals surface area contributed by atoms with Gasteiger partial charge >= 0.3 is 0 Å². The van der Waals surface area contributed by atoms with Crippen molar-refractivity contribution in [3.8, 4) is 16.2 Å². The first-order chi connectivity index (χ1) is 15.6. The molecule has 7 heteroatoms. The van der Waals surface area contributed by atoms with Gasteiger partial charge in [0, 0.05) is 65.2 Å². The highest BCUT2D eigenvalue weighted by Crippen LogP contribution is 2.43. The molecule has 32 heavy (non-hydrogen) atoms. The fourth-order valence-corrected chi connectivity index (χ4v) is 6.86. The Morgan fingerprint density at radius 1 is 1.06 bits per heavy atom. The van der Waals surface area contributed by atoms with Crippen LogP contribution in [0, 0.1) is 6.92 Å². The summed E-state index contributed by atoms with van der Waals surface area (Å²) in [6, 6.07) is 12.7. The fraction of sp³-hybridized carbons (Fsp3) is 0.400. The fourth-order valence-electron chi connectivity index (χ4n) is 4.58. The summed E-state index contributed by atoms with van der Waals surface area (Å²) in [5, 5.41) is 3.15. The van der Waals surface area contributed by atoms with Crippen LogP contribution in [0.4, 0.5) is 5.69 Å². The molecule has 1 aliphatic carbocycles. The van der Waals surface area contributed by atoms with Gasteiger partial charge < -0.3 is 15.0 Å². The average molecular weight is 468 g/mol. The number of piperazine rings is 1. The Balaban J connectivity index is 1.10. The Morgan fingerprint density at radius 3 is 2.59 bits per heavy atom. The minimum atomic E-state index is 0.0646. The predicted molar refractivity (Wildman–Crippen MR) is 134 cm³/mol. The largest absolute Gasteiger partial charge is 0.497 e. The zero-order chi connectivity index (χ0) is 22.1. The van der Waals surface area contributed by atoms with Crippen molar-refractivity contribution in [1.82, 2.24) is 10.2 Å². The number of anilines is 1. The third-order valence-electron chi connectivity index (χ3n) is 6.35. The molecule has 0 bridgehead atoms. The van der Waals surface area contributed by atoms with Crippen LogP contribution < -0.4 is 15.0 Å². The quantitative estimate of drug-likeness (QED) is 0.582. The second-order valence-corrected chi connectivity index (χ2v) is 10.8. The number of ether oxygens (including phenoxy) is 1. The molecule has 5 nitrogen and oxygen atoms in total. The molecule has 168 valence electrons. The van der Waals surface area contributed by atoms with Crippen molar-refractivity contribution >= 4 is 34.3 Å². The number of hydrogen-bond donors (Lipinski definition) is 1. The Morgan fingerprint density at radius 2 is 1.84 bits per heavy atom. The molecule has 1 aliphatic heterocycles. The van der Waals surface area contributed by atoms with Crippen LogP contribution in [0.2, 0.25) is 0 Å². The molecular formula is C25H29N3O2S2. The molecule has 0 saturated carbocycles. The van der Waals surface area contributed by atoms with E-state index < -0.39 is 0 Å². The van der Waals surface area contributed by atoms with Crippen molar-refractivity contribution in [2.45, 2.75) is 19.8 Å². The van der Waals surface area contributed by atoms with E-state index in [9.17, 15) is 4.79 Å². The maximum atomic E-state index is 12.8. The second kappa shape index (κ2) is 9.25. The lowest BCUT2D eigenvalue weighted by molar-refractivity contribution is 0.0952. The number of methoxy groups -OCH3 is 1. The van der Waals surface area contributed by atoms with Gasteiger partial charge in [0.1, 0.15) is 5.75 Å². The van der Waals surface area contributed by atoms with Gasteiger partial charge in [-0.25, -0.2) is 0 Å². The first-order valence-electron chi connectivity index (χ1n) is 11.2. The average Bonchev–Trinajstić information content (AvgIpc) is 3.42. The predicted octanol–water partition coefficient (Wildman–Crippen LogP) is 4.44. The van der Waals surface area contributed by atoms with Gasteiger partial charge in [-0.1, -0.05) is 0 Å². The van der Waals surface area contributed by atoms with E-state index in [4.69, 9.17) is 4.74 Å².